The molecule has 4 saturated carbocycles. The van der Waals surface area contributed by atoms with Crippen LogP contribution in [0.5, 0.6) is 0 Å². The van der Waals surface area contributed by atoms with Crippen LogP contribution >= 0.6 is 0 Å². The number of hydrogen-bond acceptors (Lipinski definition) is 3. The Hall–Kier alpha value is -1.91. The van der Waals surface area contributed by atoms with Crippen LogP contribution in [0.15, 0.2) is 24.7 Å². The molecule has 4 bridgehead atoms. The lowest BCUT2D eigenvalue weighted by atomic mass is 9.48. The van der Waals surface area contributed by atoms with E-state index in [1.54, 1.807) is 16.8 Å². The topological polar surface area (TPSA) is 59.3 Å². The van der Waals surface area contributed by atoms with E-state index in [1.165, 1.54) is 38.5 Å². The zero-order valence-electron chi connectivity index (χ0n) is 14.1. The quantitative estimate of drug-likeness (QED) is 0.944. The molecular weight excluding hydrogens is 300 g/mol. The molecule has 2 aromatic rings. The highest BCUT2D eigenvalue weighted by Gasteiger charge is 2.53. The average Bonchev–Trinajstić information content (AvgIpc) is 2.97. The van der Waals surface area contributed by atoms with Crippen molar-refractivity contribution in [3.05, 3.63) is 30.4 Å². The summed E-state index contributed by atoms with van der Waals surface area (Å²) in [6.45, 7) is 2.21. The SMILES string of the molecule is CC(NC(=O)c1cn2cccnc2n1)C12CC3CC(CC(C3)C1)C2. The fraction of sp³-hybridized carbons (Fsp3) is 0.632. The Kier molecular flexibility index (Phi) is 3.03. The zero-order valence-corrected chi connectivity index (χ0v) is 14.1. The van der Waals surface area contributed by atoms with Crippen molar-refractivity contribution in [1.29, 1.82) is 0 Å². The third-order valence-corrected chi connectivity index (χ3v) is 6.82. The lowest BCUT2D eigenvalue weighted by molar-refractivity contribution is -0.0688. The second kappa shape index (κ2) is 5.04. The second-order valence-corrected chi connectivity index (χ2v) is 8.43. The van der Waals surface area contributed by atoms with Gasteiger partial charge in [0.15, 0.2) is 0 Å². The molecule has 0 spiro atoms. The molecule has 4 aliphatic rings. The van der Waals surface area contributed by atoms with Gasteiger partial charge in [-0.2, -0.15) is 0 Å². The van der Waals surface area contributed by atoms with E-state index >= 15 is 0 Å². The highest BCUT2D eigenvalue weighted by Crippen LogP contribution is 2.61. The maximum atomic E-state index is 12.7. The Morgan fingerprint density at radius 3 is 2.54 bits per heavy atom. The predicted molar refractivity (Wildman–Crippen MR) is 90.5 cm³/mol. The van der Waals surface area contributed by atoms with Gasteiger partial charge in [-0.15, -0.1) is 0 Å². The van der Waals surface area contributed by atoms with Crippen LogP contribution in [0, 0.1) is 23.2 Å². The number of nitrogens with one attached hydrogen (secondary N) is 1. The van der Waals surface area contributed by atoms with Crippen molar-refractivity contribution >= 4 is 11.7 Å². The molecule has 0 aliphatic heterocycles. The molecule has 0 aromatic carbocycles. The number of imidazole rings is 1. The average molecular weight is 324 g/mol. The largest absolute Gasteiger partial charge is 0.348 e. The van der Waals surface area contributed by atoms with E-state index in [2.05, 4.69) is 22.2 Å². The molecule has 1 atom stereocenters. The number of carbonyl (C=O) groups is 1. The second-order valence-electron chi connectivity index (χ2n) is 8.43. The lowest BCUT2D eigenvalue weighted by Gasteiger charge is -2.59. The molecule has 126 valence electrons. The number of carbonyl (C=O) groups excluding carboxylic acids is 1. The van der Waals surface area contributed by atoms with E-state index in [9.17, 15) is 4.79 Å². The van der Waals surface area contributed by atoms with E-state index in [0.29, 0.717) is 16.9 Å². The number of fused-ring (bicyclic) bond motifs is 1. The smallest absolute Gasteiger partial charge is 0.271 e. The summed E-state index contributed by atoms with van der Waals surface area (Å²) in [6.07, 6.45) is 13.5. The third-order valence-electron chi connectivity index (χ3n) is 6.82. The summed E-state index contributed by atoms with van der Waals surface area (Å²) < 4.78 is 1.80. The van der Waals surface area contributed by atoms with Gasteiger partial charge in [0, 0.05) is 24.6 Å². The van der Waals surface area contributed by atoms with Gasteiger partial charge in [0.05, 0.1) is 0 Å². The van der Waals surface area contributed by atoms with Crippen molar-refractivity contribution in [1.82, 2.24) is 19.7 Å². The van der Waals surface area contributed by atoms with Crippen LogP contribution < -0.4 is 5.32 Å². The molecule has 5 nitrogen and oxygen atoms in total. The molecular formula is C19H24N4O. The van der Waals surface area contributed by atoms with E-state index < -0.39 is 0 Å². The van der Waals surface area contributed by atoms with Crippen molar-refractivity contribution in [3.63, 3.8) is 0 Å². The highest BCUT2D eigenvalue weighted by atomic mass is 16.2. The molecule has 1 N–H and O–H groups in total. The molecule has 2 heterocycles. The van der Waals surface area contributed by atoms with Crippen molar-refractivity contribution < 1.29 is 4.79 Å². The Balaban J connectivity index is 1.36. The first-order valence-electron chi connectivity index (χ1n) is 9.22. The van der Waals surface area contributed by atoms with Gasteiger partial charge in [-0.25, -0.2) is 9.97 Å². The molecule has 0 radical (unpaired) electrons. The minimum absolute atomic E-state index is 0.0660. The number of aromatic nitrogens is 3. The third kappa shape index (κ3) is 2.17. The van der Waals surface area contributed by atoms with Crippen LogP contribution in [-0.2, 0) is 0 Å². The normalized spacial score (nSPS) is 35.3. The standard InChI is InChI=1S/C19H24N4O/c1-12(19-8-13-5-14(9-19)7-15(6-13)10-19)21-17(24)16-11-23-4-2-3-20-18(23)22-16/h2-4,11-15H,5-10H2,1H3,(H,21,24). The van der Waals surface area contributed by atoms with Crippen molar-refractivity contribution in [2.75, 3.05) is 0 Å². The molecule has 4 aliphatic carbocycles. The maximum absolute atomic E-state index is 12.7. The Morgan fingerprint density at radius 1 is 1.25 bits per heavy atom. The molecule has 24 heavy (non-hydrogen) atoms. The summed E-state index contributed by atoms with van der Waals surface area (Å²) in [5.74, 6) is 3.20. The number of hydrogen-bond donors (Lipinski definition) is 1. The van der Waals surface area contributed by atoms with E-state index in [1.807, 2.05) is 12.3 Å². The predicted octanol–water partition coefficient (Wildman–Crippen LogP) is 3.06. The zero-order chi connectivity index (χ0) is 16.3. The minimum atomic E-state index is -0.0660. The van der Waals surface area contributed by atoms with Crippen LogP contribution in [0.4, 0.5) is 0 Å². The number of rotatable bonds is 3. The van der Waals surface area contributed by atoms with Crippen LogP contribution in [0.1, 0.15) is 55.9 Å². The molecule has 1 amide bonds. The minimum Gasteiger partial charge on any atom is -0.348 e. The summed E-state index contributed by atoms with van der Waals surface area (Å²) >= 11 is 0. The Labute approximate surface area is 141 Å². The summed E-state index contributed by atoms with van der Waals surface area (Å²) in [6, 6.07) is 2.06. The van der Waals surface area contributed by atoms with Crippen molar-refractivity contribution in [2.45, 2.75) is 51.5 Å². The monoisotopic (exact) mass is 324 g/mol. The summed E-state index contributed by atoms with van der Waals surface area (Å²) in [4.78, 5) is 21.2. The fourth-order valence-corrected chi connectivity index (χ4v) is 6.07. The van der Waals surface area contributed by atoms with Gasteiger partial charge in [0.25, 0.3) is 5.91 Å². The van der Waals surface area contributed by atoms with Crippen LogP contribution in [-0.4, -0.2) is 26.3 Å². The molecule has 1 unspecified atom stereocenters. The summed E-state index contributed by atoms with van der Waals surface area (Å²) in [7, 11) is 0. The van der Waals surface area contributed by atoms with Crippen LogP contribution in [0.2, 0.25) is 0 Å². The lowest BCUT2D eigenvalue weighted by Crippen LogP contribution is -2.55. The maximum Gasteiger partial charge on any atom is 0.271 e. The van der Waals surface area contributed by atoms with Gasteiger partial charge in [0.2, 0.25) is 5.78 Å². The number of nitrogens with zero attached hydrogens (tertiary/aromatic N) is 3. The summed E-state index contributed by atoms with van der Waals surface area (Å²) in [5, 5.41) is 3.27. The molecule has 2 aromatic heterocycles. The molecule has 0 saturated heterocycles. The van der Waals surface area contributed by atoms with Gasteiger partial charge in [-0.3, -0.25) is 9.20 Å². The molecule has 4 fully saturated rings. The fourth-order valence-electron chi connectivity index (χ4n) is 6.07. The van der Waals surface area contributed by atoms with Gasteiger partial charge in [-0.05, 0) is 74.7 Å². The first kappa shape index (κ1) is 14.4. The van der Waals surface area contributed by atoms with Gasteiger partial charge in [-0.1, -0.05) is 0 Å². The Bertz CT molecular complexity index is 727. The Morgan fingerprint density at radius 2 is 1.92 bits per heavy atom. The van der Waals surface area contributed by atoms with Gasteiger partial charge in [0.1, 0.15) is 5.69 Å². The first-order valence-corrected chi connectivity index (χ1v) is 9.22. The van der Waals surface area contributed by atoms with Crippen molar-refractivity contribution in [3.8, 4) is 0 Å². The van der Waals surface area contributed by atoms with Gasteiger partial charge < -0.3 is 5.32 Å². The van der Waals surface area contributed by atoms with E-state index in [0.717, 1.165) is 17.8 Å². The first-order chi connectivity index (χ1) is 11.6. The van der Waals surface area contributed by atoms with Gasteiger partial charge >= 0.3 is 0 Å². The number of amides is 1. The van der Waals surface area contributed by atoms with E-state index in [4.69, 9.17) is 0 Å². The van der Waals surface area contributed by atoms with Crippen LogP contribution in [0.3, 0.4) is 0 Å². The van der Waals surface area contributed by atoms with Crippen molar-refractivity contribution in [2.24, 2.45) is 23.2 Å². The highest BCUT2D eigenvalue weighted by molar-refractivity contribution is 5.92. The van der Waals surface area contributed by atoms with Crippen LogP contribution in [0.25, 0.3) is 5.78 Å². The van der Waals surface area contributed by atoms with E-state index in [-0.39, 0.29) is 11.9 Å². The summed E-state index contributed by atoms with van der Waals surface area (Å²) in [5.41, 5.74) is 0.784. The molecule has 6 rings (SSSR count). The molecule has 5 heteroatoms.